The van der Waals surface area contributed by atoms with Crippen molar-refractivity contribution in [2.24, 2.45) is 0 Å². The Balaban J connectivity index is 2.38. The molecule has 0 aliphatic carbocycles. The van der Waals surface area contributed by atoms with Crippen LogP contribution in [-0.4, -0.2) is 45.9 Å². The van der Waals surface area contributed by atoms with Crippen LogP contribution < -0.4 is 4.74 Å². The highest BCUT2D eigenvalue weighted by Crippen LogP contribution is 2.32. The second-order valence-electron chi connectivity index (χ2n) is 8.60. The van der Waals surface area contributed by atoms with E-state index >= 15 is 0 Å². The van der Waals surface area contributed by atoms with Crippen LogP contribution in [0.25, 0.3) is 0 Å². The van der Waals surface area contributed by atoms with Crippen LogP contribution in [0.2, 0.25) is 0 Å². The van der Waals surface area contributed by atoms with Crippen molar-refractivity contribution in [3.8, 4) is 17.6 Å². The zero-order chi connectivity index (χ0) is 27.1. The molecule has 2 aromatic rings. The van der Waals surface area contributed by atoms with E-state index < -0.39 is 35.2 Å². The molecule has 36 heavy (non-hydrogen) atoms. The van der Waals surface area contributed by atoms with E-state index in [0.717, 1.165) is 6.07 Å². The van der Waals surface area contributed by atoms with Crippen LogP contribution in [0.3, 0.4) is 0 Å². The zero-order valence-electron chi connectivity index (χ0n) is 19.8. The molecule has 0 spiro atoms. The normalized spacial score (nSPS) is 11.3. The number of hydrogen-bond acceptors (Lipinski definition) is 5. The summed E-state index contributed by atoms with van der Waals surface area (Å²) in [6.45, 7) is 3.99. The van der Waals surface area contributed by atoms with Crippen LogP contribution in [-0.2, 0) is 28.9 Å². The number of benzene rings is 2. The molecule has 2 rings (SSSR count). The van der Waals surface area contributed by atoms with Crippen LogP contribution in [0.5, 0.6) is 5.75 Å². The molecule has 2 aromatic carbocycles. The Labute approximate surface area is 205 Å². The van der Waals surface area contributed by atoms with Gasteiger partial charge in [-0.05, 0) is 56.7 Å². The van der Waals surface area contributed by atoms with Gasteiger partial charge in [-0.25, -0.2) is 14.0 Å². The molecule has 0 bridgehead atoms. The summed E-state index contributed by atoms with van der Waals surface area (Å²) in [5, 5.41) is 18.2. The summed E-state index contributed by atoms with van der Waals surface area (Å²) >= 11 is 0. The number of carboxylic acid groups (broad SMARTS) is 1. The number of halogens is 4. The molecule has 194 valence electrons. The molecule has 0 fully saturated rings. The fourth-order valence-corrected chi connectivity index (χ4v) is 2.98. The second-order valence-corrected chi connectivity index (χ2v) is 8.60. The maximum Gasteiger partial charge on any atom is 0.419 e. The molecule has 0 aliphatic rings. The third kappa shape index (κ3) is 8.78. The Hall–Kier alpha value is -3.78. The van der Waals surface area contributed by atoms with Crippen molar-refractivity contribution in [1.29, 1.82) is 0 Å². The Kier molecular flexibility index (Phi) is 9.30. The van der Waals surface area contributed by atoms with Crippen molar-refractivity contribution in [2.75, 3.05) is 13.2 Å². The number of aliphatic hydroxyl groups excluding tert-OH is 1. The van der Waals surface area contributed by atoms with Gasteiger partial charge in [-0.1, -0.05) is 12.0 Å². The number of aliphatic carboxylic acids is 1. The topological polar surface area (TPSA) is 96.3 Å². The highest BCUT2D eigenvalue weighted by Gasteiger charge is 2.34. The molecule has 0 heterocycles. The van der Waals surface area contributed by atoms with Gasteiger partial charge < -0.3 is 24.6 Å². The first-order valence-corrected chi connectivity index (χ1v) is 10.6. The number of carboxylic acids is 1. The van der Waals surface area contributed by atoms with Gasteiger partial charge in [0.2, 0.25) is 0 Å². The van der Waals surface area contributed by atoms with Crippen molar-refractivity contribution >= 4 is 12.1 Å². The third-order valence-electron chi connectivity index (χ3n) is 4.49. The molecule has 11 heteroatoms. The maximum absolute atomic E-state index is 13.6. The zero-order valence-corrected chi connectivity index (χ0v) is 19.8. The number of alkyl halides is 3. The average molecular weight is 511 g/mol. The number of carbonyl (C=O) groups is 2. The Bertz CT molecular complexity index is 1160. The minimum Gasteiger partial charge on any atom is -0.489 e. The van der Waals surface area contributed by atoms with Crippen molar-refractivity contribution in [3.05, 3.63) is 64.5 Å². The van der Waals surface area contributed by atoms with Crippen LogP contribution in [0.1, 0.15) is 43.0 Å². The fourth-order valence-electron chi connectivity index (χ4n) is 2.98. The summed E-state index contributed by atoms with van der Waals surface area (Å²) in [4.78, 5) is 24.6. The molecule has 0 aliphatic heterocycles. The molecule has 0 unspecified atom stereocenters. The molecule has 0 saturated heterocycles. The van der Waals surface area contributed by atoms with Gasteiger partial charge in [0.1, 0.15) is 23.8 Å². The van der Waals surface area contributed by atoms with E-state index in [1.54, 1.807) is 20.8 Å². The summed E-state index contributed by atoms with van der Waals surface area (Å²) in [6, 6.07) is 6.78. The molecule has 2 N–H and O–H groups in total. The number of carbonyl (C=O) groups excluding carboxylic acids is 1. The first kappa shape index (κ1) is 28.5. The van der Waals surface area contributed by atoms with E-state index in [0.29, 0.717) is 17.7 Å². The minimum atomic E-state index is -4.88. The lowest BCUT2D eigenvalue weighted by Gasteiger charge is -2.27. The lowest BCUT2D eigenvalue weighted by atomic mass is 10.1. The van der Waals surface area contributed by atoms with Crippen LogP contribution >= 0.6 is 0 Å². The standard InChI is InChI=1S/C25H25F4NO6/c1-24(2,3)36-23(34)30(10-11-31)14-18-12-16(6-9-22(32)33)5-8-21(18)35-15-17-4-7-20(26)19(13-17)25(27,28)29/h4-5,7-8,12-13,31H,10-11,14-15H2,1-3H3,(H,32,33). The SMILES string of the molecule is CC(C)(C)OC(=O)N(CCO)Cc1cc(C#CC(=O)O)ccc1OCc1ccc(F)c(C(F)(F)F)c1. The van der Waals surface area contributed by atoms with Crippen molar-refractivity contribution in [3.63, 3.8) is 0 Å². The summed E-state index contributed by atoms with van der Waals surface area (Å²) in [6.07, 6.45) is -5.62. The lowest BCUT2D eigenvalue weighted by Crippen LogP contribution is -2.38. The summed E-state index contributed by atoms with van der Waals surface area (Å²) in [7, 11) is 0. The first-order chi connectivity index (χ1) is 16.7. The number of aliphatic hydroxyl groups is 1. The van der Waals surface area contributed by atoms with Gasteiger partial charge in [0.25, 0.3) is 0 Å². The second kappa shape index (κ2) is 11.8. The third-order valence-corrected chi connectivity index (χ3v) is 4.49. The van der Waals surface area contributed by atoms with Crippen molar-refractivity contribution in [2.45, 2.75) is 45.7 Å². The minimum absolute atomic E-state index is 0.0452. The Morgan fingerprint density at radius 1 is 1.08 bits per heavy atom. The molecule has 7 nitrogen and oxygen atoms in total. The fraction of sp³-hybridized carbons (Fsp3) is 0.360. The van der Waals surface area contributed by atoms with Gasteiger partial charge in [0.05, 0.1) is 18.7 Å². The van der Waals surface area contributed by atoms with Crippen molar-refractivity contribution in [1.82, 2.24) is 4.90 Å². The van der Waals surface area contributed by atoms with E-state index in [1.807, 2.05) is 5.92 Å². The number of nitrogens with zero attached hydrogens (tertiary/aromatic N) is 1. The van der Waals surface area contributed by atoms with Crippen molar-refractivity contribution < 1.29 is 46.8 Å². The van der Waals surface area contributed by atoms with E-state index in [1.165, 1.54) is 23.1 Å². The largest absolute Gasteiger partial charge is 0.489 e. The van der Waals surface area contributed by atoms with E-state index in [9.17, 15) is 32.3 Å². The van der Waals surface area contributed by atoms with E-state index in [4.69, 9.17) is 14.6 Å². The molecule has 1 amide bonds. The van der Waals surface area contributed by atoms with Crippen LogP contribution in [0.4, 0.5) is 22.4 Å². The monoisotopic (exact) mass is 511 g/mol. The van der Waals surface area contributed by atoms with Gasteiger partial charge in [-0.3, -0.25) is 0 Å². The quantitative estimate of drug-likeness (QED) is 0.417. The van der Waals surface area contributed by atoms with Gasteiger partial charge in [0, 0.05) is 23.6 Å². The lowest BCUT2D eigenvalue weighted by molar-refractivity contribution is -0.140. The Morgan fingerprint density at radius 3 is 2.36 bits per heavy atom. The predicted molar refractivity (Wildman–Crippen MR) is 120 cm³/mol. The summed E-state index contributed by atoms with van der Waals surface area (Å²) in [5.41, 5.74) is -1.61. The van der Waals surface area contributed by atoms with Gasteiger partial charge in [-0.2, -0.15) is 13.2 Å². The van der Waals surface area contributed by atoms with E-state index in [-0.39, 0.29) is 43.2 Å². The van der Waals surface area contributed by atoms with Gasteiger partial charge in [-0.15, -0.1) is 0 Å². The van der Waals surface area contributed by atoms with E-state index in [2.05, 4.69) is 5.92 Å². The molecule has 0 radical (unpaired) electrons. The average Bonchev–Trinajstić information content (AvgIpc) is 2.75. The molecular formula is C25H25F4NO6. The Morgan fingerprint density at radius 2 is 1.78 bits per heavy atom. The van der Waals surface area contributed by atoms with Crippen LogP contribution in [0, 0.1) is 17.7 Å². The highest BCUT2D eigenvalue weighted by molar-refractivity contribution is 5.87. The van der Waals surface area contributed by atoms with Crippen LogP contribution in [0.15, 0.2) is 36.4 Å². The number of hydrogen-bond donors (Lipinski definition) is 2. The van der Waals surface area contributed by atoms with Gasteiger partial charge >= 0.3 is 18.2 Å². The number of rotatable bonds is 7. The maximum atomic E-state index is 13.6. The predicted octanol–water partition coefficient (Wildman–Crippen LogP) is 4.59. The number of amides is 1. The first-order valence-electron chi connectivity index (χ1n) is 10.6. The molecule has 0 saturated carbocycles. The molecule has 0 aromatic heterocycles. The summed E-state index contributed by atoms with van der Waals surface area (Å²) in [5.74, 6) is 1.78. The summed E-state index contributed by atoms with van der Waals surface area (Å²) < 4.78 is 63.7. The number of ether oxygens (including phenoxy) is 2. The highest BCUT2D eigenvalue weighted by atomic mass is 19.4. The smallest absolute Gasteiger partial charge is 0.419 e. The van der Waals surface area contributed by atoms with Gasteiger partial charge in [0.15, 0.2) is 0 Å². The molecular weight excluding hydrogens is 486 g/mol. The molecule has 0 atom stereocenters.